The third-order valence-electron chi connectivity index (χ3n) is 4.44. The molecule has 3 aromatic heterocycles. The van der Waals surface area contributed by atoms with Crippen LogP contribution < -0.4 is 5.32 Å². The lowest BCUT2D eigenvalue weighted by Crippen LogP contribution is -2.14. The lowest BCUT2D eigenvalue weighted by Gasteiger charge is -2.07. The molecule has 0 fully saturated rings. The molecule has 0 unspecified atom stereocenters. The summed E-state index contributed by atoms with van der Waals surface area (Å²) in [6, 6.07) is 7.44. The van der Waals surface area contributed by atoms with Crippen LogP contribution in [0.25, 0.3) is 22.2 Å². The molecule has 0 radical (unpaired) electrons. The number of fused-ring (bicyclic) bond motifs is 1. The van der Waals surface area contributed by atoms with Crippen LogP contribution in [-0.4, -0.2) is 25.7 Å². The van der Waals surface area contributed by atoms with Crippen molar-refractivity contribution in [2.75, 3.05) is 5.32 Å². The van der Waals surface area contributed by atoms with Crippen molar-refractivity contribution in [1.82, 2.24) is 19.7 Å². The SMILES string of the molecule is Cn1nc(C(F)(F)F)cc1NC(=O)c1ccc2cc(-c3ncc(F)cc3F)cnc2c1. The Kier molecular flexibility index (Phi) is 4.88. The lowest BCUT2D eigenvalue weighted by molar-refractivity contribution is -0.141. The van der Waals surface area contributed by atoms with Crippen LogP contribution in [0.1, 0.15) is 16.1 Å². The molecule has 0 aliphatic carbocycles. The number of anilines is 1. The maximum Gasteiger partial charge on any atom is 0.435 e. The fourth-order valence-corrected chi connectivity index (χ4v) is 2.93. The average molecular weight is 433 g/mol. The number of alkyl halides is 3. The molecule has 0 spiro atoms. The zero-order valence-electron chi connectivity index (χ0n) is 15.7. The smallest absolute Gasteiger partial charge is 0.307 e. The quantitative estimate of drug-likeness (QED) is 0.480. The number of aryl methyl sites for hydroxylation is 1. The molecule has 11 heteroatoms. The van der Waals surface area contributed by atoms with E-state index in [1.807, 2.05) is 0 Å². The van der Waals surface area contributed by atoms with Crippen molar-refractivity contribution in [3.05, 3.63) is 71.7 Å². The van der Waals surface area contributed by atoms with Crippen LogP contribution in [0, 0.1) is 11.6 Å². The first-order valence-electron chi connectivity index (χ1n) is 8.75. The van der Waals surface area contributed by atoms with E-state index >= 15 is 0 Å². The average Bonchev–Trinajstić information content (AvgIpc) is 3.08. The number of aromatic nitrogens is 4. The van der Waals surface area contributed by atoms with Gasteiger partial charge >= 0.3 is 6.18 Å². The fraction of sp³-hybridized carbons (Fsp3) is 0.100. The second-order valence-corrected chi connectivity index (χ2v) is 6.61. The van der Waals surface area contributed by atoms with Crippen LogP contribution in [0.5, 0.6) is 0 Å². The van der Waals surface area contributed by atoms with Crippen molar-refractivity contribution in [2.24, 2.45) is 7.05 Å². The van der Waals surface area contributed by atoms with Gasteiger partial charge in [0.1, 0.15) is 17.3 Å². The summed E-state index contributed by atoms with van der Waals surface area (Å²) in [5.74, 6) is -2.43. The number of hydrogen-bond acceptors (Lipinski definition) is 4. The van der Waals surface area contributed by atoms with E-state index in [9.17, 15) is 26.7 Å². The van der Waals surface area contributed by atoms with Gasteiger partial charge in [-0.25, -0.2) is 8.78 Å². The van der Waals surface area contributed by atoms with Crippen LogP contribution in [0.3, 0.4) is 0 Å². The number of benzene rings is 1. The zero-order chi connectivity index (χ0) is 22.3. The third kappa shape index (κ3) is 4.06. The van der Waals surface area contributed by atoms with E-state index < -0.39 is 29.4 Å². The molecule has 0 bridgehead atoms. The molecule has 0 aliphatic heterocycles. The molecule has 0 aliphatic rings. The van der Waals surface area contributed by atoms with Gasteiger partial charge in [0, 0.05) is 41.9 Å². The normalized spacial score (nSPS) is 11.7. The Bertz CT molecular complexity index is 1320. The number of pyridine rings is 2. The van der Waals surface area contributed by atoms with Crippen LogP contribution >= 0.6 is 0 Å². The molecule has 0 saturated heterocycles. The van der Waals surface area contributed by atoms with Gasteiger partial charge in [-0.1, -0.05) is 6.07 Å². The summed E-state index contributed by atoms with van der Waals surface area (Å²) in [7, 11) is 1.27. The second-order valence-electron chi connectivity index (χ2n) is 6.61. The Morgan fingerprint density at radius 1 is 1.03 bits per heavy atom. The fourth-order valence-electron chi connectivity index (χ4n) is 2.93. The van der Waals surface area contributed by atoms with Crippen molar-refractivity contribution < 1.29 is 26.7 Å². The summed E-state index contributed by atoms with van der Waals surface area (Å²) in [6.45, 7) is 0. The minimum atomic E-state index is -4.63. The molecule has 31 heavy (non-hydrogen) atoms. The number of rotatable bonds is 3. The molecule has 0 atom stereocenters. The minimum absolute atomic E-state index is 0.0747. The van der Waals surface area contributed by atoms with Gasteiger partial charge in [-0.3, -0.25) is 19.4 Å². The summed E-state index contributed by atoms with van der Waals surface area (Å²) in [5.41, 5.74) is -0.348. The molecular weight excluding hydrogens is 421 g/mol. The Balaban J connectivity index is 1.61. The van der Waals surface area contributed by atoms with E-state index in [-0.39, 0.29) is 17.1 Å². The summed E-state index contributed by atoms with van der Waals surface area (Å²) < 4.78 is 66.3. The van der Waals surface area contributed by atoms with Gasteiger partial charge in [0.15, 0.2) is 11.5 Å². The number of carbonyl (C=O) groups is 1. The van der Waals surface area contributed by atoms with Gasteiger partial charge < -0.3 is 5.32 Å². The van der Waals surface area contributed by atoms with Gasteiger partial charge in [-0.05, 0) is 18.2 Å². The van der Waals surface area contributed by atoms with Crippen molar-refractivity contribution in [1.29, 1.82) is 0 Å². The maximum atomic E-state index is 14.0. The monoisotopic (exact) mass is 433 g/mol. The van der Waals surface area contributed by atoms with E-state index in [1.165, 1.54) is 25.4 Å². The maximum absolute atomic E-state index is 14.0. The summed E-state index contributed by atoms with van der Waals surface area (Å²) in [6.07, 6.45) is -2.42. The standard InChI is InChI=1S/C20H12F5N5O/c1-30-17(7-16(29-30)20(23,24)25)28-19(31)11-3-2-10-4-12(8-26-15(10)5-11)18-14(22)6-13(21)9-27-18/h2-9H,1H3,(H,28,31). The number of amides is 1. The molecule has 1 N–H and O–H groups in total. The van der Waals surface area contributed by atoms with Crippen molar-refractivity contribution in [3.8, 4) is 11.3 Å². The number of nitrogens with one attached hydrogen (secondary N) is 1. The highest BCUT2D eigenvalue weighted by atomic mass is 19.4. The number of nitrogens with zero attached hydrogens (tertiary/aromatic N) is 4. The van der Waals surface area contributed by atoms with Crippen LogP contribution in [-0.2, 0) is 13.2 Å². The first-order chi connectivity index (χ1) is 14.6. The van der Waals surface area contributed by atoms with Crippen LogP contribution in [0.15, 0.2) is 48.8 Å². The van der Waals surface area contributed by atoms with E-state index in [1.54, 1.807) is 12.1 Å². The molecule has 1 aromatic carbocycles. The Morgan fingerprint density at radius 2 is 1.81 bits per heavy atom. The van der Waals surface area contributed by atoms with E-state index in [0.29, 0.717) is 22.5 Å². The first-order valence-corrected chi connectivity index (χ1v) is 8.75. The van der Waals surface area contributed by atoms with Gasteiger partial charge in [0.05, 0.1) is 11.7 Å². The predicted octanol–water partition coefficient (Wildman–Crippen LogP) is 4.58. The highest BCUT2D eigenvalue weighted by Crippen LogP contribution is 2.30. The molecule has 1 amide bonds. The molecule has 3 heterocycles. The Hall–Kier alpha value is -3.89. The van der Waals surface area contributed by atoms with Gasteiger partial charge in [0.2, 0.25) is 0 Å². The molecule has 0 saturated carbocycles. The van der Waals surface area contributed by atoms with Gasteiger partial charge in [-0.2, -0.15) is 18.3 Å². The highest BCUT2D eigenvalue weighted by molar-refractivity contribution is 6.05. The molecule has 6 nitrogen and oxygen atoms in total. The number of hydrogen-bond donors (Lipinski definition) is 1. The molecule has 4 aromatic rings. The van der Waals surface area contributed by atoms with Crippen LogP contribution in [0.2, 0.25) is 0 Å². The largest absolute Gasteiger partial charge is 0.435 e. The van der Waals surface area contributed by atoms with Crippen molar-refractivity contribution >= 4 is 22.6 Å². The molecule has 4 rings (SSSR count). The summed E-state index contributed by atoms with van der Waals surface area (Å²) in [5, 5.41) is 6.26. The summed E-state index contributed by atoms with van der Waals surface area (Å²) >= 11 is 0. The Labute approximate surface area is 171 Å². The first kappa shape index (κ1) is 20.4. The highest BCUT2D eigenvalue weighted by Gasteiger charge is 2.34. The Morgan fingerprint density at radius 3 is 2.48 bits per heavy atom. The number of halogens is 5. The van der Waals surface area contributed by atoms with Crippen LogP contribution in [0.4, 0.5) is 27.8 Å². The molecular formula is C20H12F5N5O. The van der Waals surface area contributed by atoms with Crippen molar-refractivity contribution in [3.63, 3.8) is 0 Å². The van der Waals surface area contributed by atoms with E-state index in [4.69, 9.17) is 0 Å². The second kappa shape index (κ2) is 7.42. The molecule has 158 valence electrons. The lowest BCUT2D eigenvalue weighted by atomic mass is 10.1. The topological polar surface area (TPSA) is 72.7 Å². The zero-order valence-corrected chi connectivity index (χ0v) is 15.7. The number of carbonyl (C=O) groups excluding carboxylic acids is 1. The summed E-state index contributed by atoms with van der Waals surface area (Å²) in [4.78, 5) is 20.4. The van der Waals surface area contributed by atoms with E-state index in [2.05, 4.69) is 20.4 Å². The predicted molar refractivity (Wildman–Crippen MR) is 101 cm³/mol. The van der Waals surface area contributed by atoms with E-state index in [0.717, 1.165) is 16.9 Å². The third-order valence-corrected chi connectivity index (χ3v) is 4.44. The minimum Gasteiger partial charge on any atom is -0.307 e. The van der Waals surface area contributed by atoms with Gasteiger partial charge in [0.25, 0.3) is 5.91 Å². The van der Waals surface area contributed by atoms with Crippen molar-refractivity contribution in [2.45, 2.75) is 6.18 Å². The van der Waals surface area contributed by atoms with Gasteiger partial charge in [-0.15, -0.1) is 0 Å².